The van der Waals surface area contributed by atoms with E-state index in [2.05, 4.69) is 26.5 Å². The number of carbonyl (C=O) groups is 2. The van der Waals surface area contributed by atoms with E-state index in [1.165, 1.54) is 31.0 Å². The fourth-order valence-corrected chi connectivity index (χ4v) is 11.6. The summed E-state index contributed by atoms with van der Waals surface area (Å²) in [5, 5.41) is 41.5. The molecule has 346 valence electrons. The molecular weight excluding hydrogens is 813 g/mol. The molecule has 0 aliphatic heterocycles. The lowest BCUT2D eigenvalue weighted by atomic mass is 9.62. The number of esters is 1. The van der Waals surface area contributed by atoms with E-state index in [4.69, 9.17) is 22.8 Å². The van der Waals surface area contributed by atoms with E-state index in [-0.39, 0.29) is 57.3 Å². The smallest absolute Gasteiger partial charge is 0.305 e. The molecule has 3 unspecified atom stereocenters. The normalized spacial score (nSPS) is 15.9. The largest absolute Gasteiger partial charge is 0.465 e. The maximum atomic E-state index is 13.5. The third-order valence-electron chi connectivity index (χ3n) is 12.5. The maximum absolute atomic E-state index is 13.5. The van der Waals surface area contributed by atoms with Gasteiger partial charge in [0.25, 0.3) is 0 Å². The summed E-state index contributed by atoms with van der Waals surface area (Å²) in [4.78, 5) is 26.1. The lowest BCUT2D eigenvalue weighted by molar-refractivity contribution is -0.321. The Morgan fingerprint density at radius 2 is 1.22 bits per heavy atom. The summed E-state index contributed by atoms with van der Waals surface area (Å²) >= 11 is 5.99. The summed E-state index contributed by atoms with van der Waals surface area (Å²) in [7, 11) is -3.04. The zero-order chi connectivity index (χ0) is 43.8. The molecule has 0 heterocycles. The zero-order valence-electron chi connectivity index (χ0n) is 37.9. The van der Waals surface area contributed by atoms with Gasteiger partial charge in [-0.1, -0.05) is 105 Å². The molecule has 15 heteroatoms. The molecule has 0 aliphatic carbocycles. The molecule has 0 spiro atoms. The third-order valence-corrected chi connectivity index (χ3v) is 16.5. The molecule has 0 rings (SSSR count). The number of hydrogen-bond donors (Lipinski definition) is 5. The fourth-order valence-electron chi connectivity index (χ4n) is 7.49. The number of ether oxygens (including phenoxy) is 2. The number of carbonyl (C=O) groups excluding carboxylic acids is 2. The van der Waals surface area contributed by atoms with Crippen LogP contribution in [0, 0.1) is 16.2 Å². The van der Waals surface area contributed by atoms with Gasteiger partial charge in [-0.15, -0.1) is 0 Å². The minimum atomic E-state index is -1.75. The van der Waals surface area contributed by atoms with Gasteiger partial charge in [0.1, 0.15) is 6.61 Å². The highest BCUT2D eigenvalue weighted by Gasteiger charge is 2.63. The minimum absolute atomic E-state index is 0.0110. The van der Waals surface area contributed by atoms with Gasteiger partial charge in [0, 0.05) is 36.0 Å². The predicted molar refractivity (Wildman–Crippen MR) is 247 cm³/mol. The summed E-state index contributed by atoms with van der Waals surface area (Å²) in [6, 6.07) is 0.797. The second-order valence-corrected chi connectivity index (χ2v) is 20.5. The van der Waals surface area contributed by atoms with Gasteiger partial charge >= 0.3 is 16.0 Å². The van der Waals surface area contributed by atoms with Crippen molar-refractivity contribution in [2.75, 3.05) is 57.8 Å². The monoisotopic (exact) mass is 901 g/mol. The van der Waals surface area contributed by atoms with Gasteiger partial charge in [0.15, 0.2) is 20.7 Å². The Morgan fingerprint density at radius 1 is 0.655 bits per heavy atom. The van der Waals surface area contributed by atoms with Crippen molar-refractivity contribution >= 4 is 55.2 Å². The lowest BCUT2D eigenvalue weighted by Crippen LogP contribution is -2.67. The highest BCUT2D eigenvalue weighted by atomic mass is 32.2. The summed E-state index contributed by atoms with van der Waals surface area (Å²) < 4.78 is 33.6. The van der Waals surface area contributed by atoms with E-state index in [0.29, 0.717) is 57.1 Å². The molecule has 4 N–H and O–H groups in total. The van der Waals surface area contributed by atoms with Crippen LogP contribution in [0.25, 0.3) is 0 Å². The van der Waals surface area contributed by atoms with Crippen molar-refractivity contribution in [3.05, 3.63) is 0 Å². The third kappa shape index (κ3) is 19.6. The molecule has 0 aromatic rings. The van der Waals surface area contributed by atoms with Crippen LogP contribution in [0.1, 0.15) is 170 Å². The van der Waals surface area contributed by atoms with Gasteiger partial charge in [0.2, 0.25) is 0 Å². The van der Waals surface area contributed by atoms with Crippen molar-refractivity contribution in [2.24, 2.45) is 16.2 Å². The Hall–Kier alpha value is -0.0462. The van der Waals surface area contributed by atoms with Crippen LogP contribution in [0.4, 0.5) is 0 Å². The molecular formula is C43H88O11S2Si2. The topological polar surface area (TPSA) is 161 Å². The predicted octanol–water partition coefficient (Wildman–Crippen LogP) is 7.20. The highest BCUT2D eigenvalue weighted by molar-refractivity contribution is 8.13. The van der Waals surface area contributed by atoms with Crippen LogP contribution in [0.2, 0.25) is 6.04 Å². The molecule has 0 aromatic carbocycles. The highest BCUT2D eigenvalue weighted by Crippen LogP contribution is 2.53. The first-order valence-electron chi connectivity index (χ1n) is 22.7. The number of rotatable bonds is 41. The molecule has 0 saturated carbocycles. The van der Waals surface area contributed by atoms with Crippen molar-refractivity contribution < 1.29 is 52.8 Å². The number of thioether (sulfide) groups is 1. The van der Waals surface area contributed by atoms with Crippen LogP contribution in [0.3, 0.4) is 0 Å². The number of unbranched alkanes of at least 4 members (excludes halogenated alkanes) is 8. The SMILES string of the molecule is CCCCCCCC(=O)OCC(CC)(C(C)(CCCS)O[SiH2]OCC(CC)(CO)CO)C(CC)(OCC(CC)(CO)CO)O[SiH2]CCCSC(=O)CCCCCCC. The van der Waals surface area contributed by atoms with Gasteiger partial charge in [-0.25, -0.2) is 0 Å². The van der Waals surface area contributed by atoms with Crippen molar-refractivity contribution in [3.63, 3.8) is 0 Å². The van der Waals surface area contributed by atoms with Crippen molar-refractivity contribution in [1.82, 2.24) is 0 Å². The molecule has 0 fully saturated rings. The van der Waals surface area contributed by atoms with Gasteiger partial charge in [0.05, 0.1) is 44.1 Å². The molecule has 0 aromatic heterocycles. The molecule has 0 aliphatic rings. The minimum Gasteiger partial charge on any atom is -0.465 e. The molecule has 0 amide bonds. The molecule has 3 atom stereocenters. The average molecular weight is 901 g/mol. The molecule has 11 nitrogen and oxygen atoms in total. The first-order chi connectivity index (χ1) is 27.9. The standard InChI is InChI=1S/C43H88O11S2Si2/c1-8-14-16-18-20-24-37(48)50-36-42(12-5,39(7,26-22-27-55)53-58-52-35-41(11-4,32-46)33-47)43(13-6,51-34-40(10-3,30-44)31-45)54-57-29-23-28-56-38(49)25-21-19-17-15-9-2/h44-47,55H,8-36,57-58H2,1-7H3. The van der Waals surface area contributed by atoms with Gasteiger partial charge < -0.3 is 43.2 Å². The molecule has 58 heavy (non-hydrogen) atoms. The van der Waals surface area contributed by atoms with Gasteiger partial charge in [-0.2, -0.15) is 12.6 Å². The lowest BCUT2D eigenvalue weighted by Gasteiger charge is -2.58. The van der Waals surface area contributed by atoms with Crippen LogP contribution in [-0.4, -0.2) is 120 Å². The second-order valence-electron chi connectivity index (χ2n) is 16.6. The summed E-state index contributed by atoms with van der Waals surface area (Å²) in [5.74, 6) is -0.323. The van der Waals surface area contributed by atoms with Crippen LogP contribution in [-0.2, 0) is 32.3 Å². The zero-order valence-corrected chi connectivity index (χ0v) is 42.5. The van der Waals surface area contributed by atoms with Crippen LogP contribution >= 0.6 is 24.4 Å². The summed E-state index contributed by atoms with van der Waals surface area (Å²) in [6.45, 7) is 13.3. The Labute approximate surface area is 368 Å². The van der Waals surface area contributed by atoms with Gasteiger partial charge in [-0.3, -0.25) is 9.59 Å². The van der Waals surface area contributed by atoms with E-state index in [0.717, 1.165) is 63.2 Å². The molecule has 0 bridgehead atoms. The fraction of sp³-hybridized carbons (Fsp3) is 0.953. The van der Waals surface area contributed by atoms with Crippen LogP contribution in [0.5, 0.6) is 0 Å². The second kappa shape index (κ2) is 33.5. The first-order valence-corrected chi connectivity index (χ1v) is 27.1. The Balaban J connectivity index is 6.88. The summed E-state index contributed by atoms with van der Waals surface area (Å²) in [5.41, 5.74) is -3.79. The van der Waals surface area contributed by atoms with Crippen molar-refractivity contribution in [3.8, 4) is 0 Å². The number of aliphatic hydroxyl groups excluding tert-OH is 4. The quantitative estimate of drug-likeness (QED) is 0.0138. The van der Waals surface area contributed by atoms with Crippen LogP contribution < -0.4 is 0 Å². The first kappa shape index (κ1) is 58.0. The van der Waals surface area contributed by atoms with Crippen molar-refractivity contribution in [1.29, 1.82) is 0 Å². The number of aliphatic hydroxyl groups is 4. The number of hydrogen-bond acceptors (Lipinski definition) is 13. The van der Waals surface area contributed by atoms with E-state index < -0.39 is 47.4 Å². The number of thiol groups is 1. The Bertz CT molecular complexity index is 1020. The average Bonchev–Trinajstić information content (AvgIpc) is 3.24. The Morgan fingerprint density at radius 3 is 1.74 bits per heavy atom. The van der Waals surface area contributed by atoms with E-state index in [9.17, 15) is 30.0 Å². The van der Waals surface area contributed by atoms with Crippen molar-refractivity contribution in [2.45, 2.75) is 188 Å². The van der Waals surface area contributed by atoms with Crippen LogP contribution in [0.15, 0.2) is 0 Å². The molecule has 0 radical (unpaired) electrons. The molecule has 0 saturated heterocycles. The van der Waals surface area contributed by atoms with E-state index >= 15 is 0 Å². The van der Waals surface area contributed by atoms with E-state index in [1.54, 1.807) is 0 Å². The summed E-state index contributed by atoms with van der Waals surface area (Å²) in [6.07, 6.45) is 15.4. The van der Waals surface area contributed by atoms with Gasteiger partial charge in [-0.05, 0) is 76.5 Å². The van der Waals surface area contributed by atoms with E-state index in [1.807, 2.05) is 34.6 Å². The maximum Gasteiger partial charge on any atom is 0.305 e. The Kier molecular flexibility index (Phi) is 33.5.